The van der Waals surface area contributed by atoms with Gasteiger partial charge in [0, 0.05) is 6.54 Å². The molecule has 2 aromatic rings. The zero-order valence-electron chi connectivity index (χ0n) is 13.1. The maximum Gasteiger partial charge on any atom is 0.238 e. The minimum Gasteiger partial charge on any atom is -0.377 e. The second-order valence-electron chi connectivity index (χ2n) is 6.20. The van der Waals surface area contributed by atoms with Gasteiger partial charge in [-0.25, -0.2) is 13.4 Å². The van der Waals surface area contributed by atoms with Crippen molar-refractivity contribution in [3.8, 4) is 0 Å². The summed E-state index contributed by atoms with van der Waals surface area (Å²) in [6.07, 6.45) is 1.36. The molecule has 2 heterocycles. The molecule has 6 nitrogen and oxygen atoms in total. The summed E-state index contributed by atoms with van der Waals surface area (Å²) in [5.41, 5.74) is 0.890. The second-order valence-corrected chi connectivity index (χ2v) is 9.55. The van der Waals surface area contributed by atoms with Crippen LogP contribution < -0.4 is 0 Å². The molecule has 8 heteroatoms. The summed E-state index contributed by atoms with van der Waals surface area (Å²) in [5, 5.41) is 0.483. The van der Waals surface area contributed by atoms with Crippen molar-refractivity contribution >= 4 is 37.3 Å². The summed E-state index contributed by atoms with van der Waals surface area (Å²) in [7, 11) is -3.31. The molecule has 1 amide bonds. The minimum absolute atomic E-state index is 0.307. The summed E-state index contributed by atoms with van der Waals surface area (Å²) in [6, 6.07) is 7.49. The van der Waals surface area contributed by atoms with Crippen molar-refractivity contribution in [3.63, 3.8) is 0 Å². The fourth-order valence-corrected chi connectivity index (χ4v) is 5.60. The third-order valence-electron chi connectivity index (χ3n) is 4.40. The van der Waals surface area contributed by atoms with Crippen molar-refractivity contribution in [1.29, 1.82) is 0 Å². The molecule has 1 unspecified atom stereocenters. The molecule has 0 radical (unpaired) electrons. The number of carbonyl (C=O) groups excluding carboxylic acids is 1. The highest BCUT2D eigenvalue weighted by molar-refractivity contribution is 7.93. The summed E-state index contributed by atoms with van der Waals surface area (Å²) >= 11 is 1.53. The van der Waals surface area contributed by atoms with Crippen molar-refractivity contribution in [1.82, 2.24) is 9.88 Å². The molecule has 24 heavy (non-hydrogen) atoms. The van der Waals surface area contributed by atoms with Crippen molar-refractivity contribution in [2.24, 2.45) is 0 Å². The van der Waals surface area contributed by atoms with Crippen LogP contribution in [0.25, 0.3) is 10.2 Å². The van der Waals surface area contributed by atoms with Crippen LogP contribution in [0, 0.1) is 0 Å². The first-order chi connectivity index (χ1) is 11.5. The molecule has 0 bridgehead atoms. The van der Waals surface area contributed by atoms with Gasteiger partial charge < -0.3 is 9.64 Å². The van der Waals surface area contributed by atoms with Gasteiger partial charge in [-0.3, -0.25) is 4.79 Å². The third kappa shape index (κ3) is 3.05. The van der Waals surface area contributed by atoms with Crippen LogP contribution in [0.1, 0.15) is 23.9 Å². The number of carbonyl (C=O) groups is 1. The lowest BCUT2D eigenvalue weighted by Gasteiger charge is -2.34. The Labute approximate surface area is 144 Å². The molecule has 4 rings (SSSR count). The third-order valence-corrected chi connectivity index (χ3v) is 7.68. The highest BCUT2D eigenvalue weighted by Crippen LogP contribution is 2.33. The first kappa shape index (κ1) is 16.0. The lowest BCUT2D eigenvalue weighted by Crippen LogP contribution is -2.46. The van der Waals surface area contributed by atoms with Gasteiger partial charge in [0.2, 0.25) is 5.91 Å². The quantitative estimate of drug-likeness (QED) is 0.824. The smallest absolute Gasteiger partial charge is 0.238 e. The Hall–Kier alpha value is -1.51. The lowest BCUT2D eigenvalue weighted by atomic mass is 10.2. The van der Waals surface area contributed by atoms with Crippen molar-refractivity contribution < 1.29 is 17.9 Å². The zero-order chi connectivity index (χ0) is 16.7. The highest BCUT2D eigenvalue weighted by atomic mass is 32.2. The normalized spacial score (nSPS) is 22.0. The molecule has 1 aromatic heterocycles. The van der Waals surface area contributed by atoms with Gasteiger partial charge in [-0.15, -0.1) is 11.3 Å². The molecule has 0 spiro atoms. The summed E-state index contributed by atoms with van der Waals surface area (Å²) in [5.74, 6) is -0.742. The van der Waals surface area contributed by atoms with Crippen LogP contribution in [0.4, 0.5) is 0 Å². The molecule has 1 saturated heterocycles. The first-order valence-electron chi connectivity index (χ1n) is 7.99. The fourth-order valence-electron chi connectivity index (χ4n) is 2.94. The van der Waals surface area contributed by atoms with E-state index in [-0.39, 0.29) is 17.2 Å². The zero-order valence-corrected chi connectivity index (χ0v) is 14.7. The largest absolute Gasteiger partial charge is 0.377 e. The van der Waals surface area contributed by atoms with E-state index >= 15 is 0 Å². The van der Waals surface area contributed by atoms with E-state index in [1.54, 1.807) is 4.90 Å². The maximum atomic E-state index is 12.6. The summed E-state index contributed by atoms with van der Waals surface area (Å²) in [4.78, 5) is 18.8. The van der Waals surface area contributed by atoms with Gasteiger partial charge in [-0.1, -0.05) is 12.1 Å². The number of benzene rings is 1. The molecule has 1 aliphatic heterocycles. The number of hydrogen-bond acceptors (Lipinski definition) is 6. The molecule has 2 fully saturated rings. The van der Waals surface area contributed by atoms with E-state index in [2.05, 4.69) is 4.98 Å². The molecule has 0 N–H and O–H groups in total. The van der Waals surface area contributed by atoms with Crippen LogP contribution in [0.15, 0.2) is 24.3 Å². The topological polar surface area (TPSA) is 76.6 Å². The highest BCUT2D eigenvalue weighted by Gasteiger charge is 2.40. The number of rotatable bonds is 4. The monoisotopic (exact) mass is 366 g/mol. The van der Waals surface area contributed by atoms with E-state index in [1.165, 1.54) is 11.3 Å². The minimum atomic E-state index is -3.31. The standard InChI is InChI=1S/C16H18N2O4S2/c19-15(10-24(20,21)11-5-6-11)18-7-8-22-9-13(18)16-17-12-3-1-2-4-14(12)23-16/h1-4,11,13H,5-10H2. The average molecular weight is 366 g/mol. The number of amides is 1. The number of aromatic nitrogens is 1. The number of morpholine rings is 1. The Morgan fingerprint density at radius 1 is 1.33 bits per heavy atom. The molecule has 128 valence electrons. The molecule has 1 aromatic carbocycles. The number of hydrogen-bond donors (Lipinski definition) is 0. The summed E-state index contributed by atoms with van der Waals surface area (Å²) < 4.78 is 30.9. The molecule has 1 aliphatic carbocycles. The fraction of sp³-hybridized carbons (Fsp3) is 0.500. The Morgan fingerprint density at radius 2 is 2.12 bits per heavy atom. The molecule has 2 aliphatic rings. The van der Waals surface area contributed by atoms with Gasteiger partial charge in [-0.2, -0.15) is 0 Å². The SMILES string of the molecule is O=C(CS(=O)(=O)C1CC1)N1CCOCC1c1nc2ccccc2s1. The second kappa shape index (κ2) is 6.09. The van der Waals surface area contributed by atoms with Crippen LogP contribution >= 0.6 is 11.3 Å². The van der Waals surface area contributed by atoms with E-state index in [0.717, 1.165) is 15.2 Å². The van der Waals surface area contributed by atoms with Crippen LogP contribution in [-0.2, 0) is 19.4 Å². The van der Waals surface area contributed by atoms with Crippen LogP contribution in [0.2, 0.25) is 0 Å². The van der Waals surface area contributed by atoms with Gasteiger partial charge in [0.05, 0.1) is 28.7 Å². The van der Waals surface area contributed by atoms with Gasteiger partial charge in [0.15, 0.2) is 9.84 Å². The predicted molar refractivity (Wildman–Crippen MR) is 91.7 cm³/mol. The van der Waals surface area contributed by atoms with Crippen LogP contribution in [0.3, 0.4) is 0 Å². The Kier molecular flexibility index (Phi) is 4.06. The number of ether oxygens (including phenoxy) is 1. The number of sulfone groups is 1. The van der Waals surface area contributed by atoms with Gasteiger partial charge in [0.1, 0.15) is 16.8 Å². The van der Waals surface area contributed by atoms with Crippen LogP contribution in [-0.4, -0.2) is 55.0 Å². The maximum absolute atomic E-state index is 12.6. The van der Waals surface area contributed by atoms with Crippen molar-refractivity contribution in [2.75, 3.05) is 25.5 Å². The van der Waals surface area contributed by atoms with Gasteiger partial charge in [0.25, 0.3) is 0 Å². The first-order valence-corrected chi connectivity index (χ1v) is 10.5. The van der Waals surface area contributed by atoms with E-state index in [0.29, 0.717) is 32.6 Å². The van der Waals surface area contributed by atoms with E-state index in [1.807, 2.05) is 24.3 Å². The summed E-state index contributed by atoms with van der Waals surface area (Å²) in [6.45, 7) is 1.19. The van der Waals surface area contributed by atoms with E-state index in [4.69, 9.17) is 4.74 Å². The number of para-hydroxylation sites is 1. The Balaban J connectivity index is 1.59. The van der Waals surface area contributed by atoms with Gasteiger partial charge >= 0.3 is 0 Å². The number of thiazole rings is 1. The molecular weight excluding hydrogens is 348 g/mol. The van der Waals surface area contributed by atoms with Crippen molar-refractivity contribution in [3.05, 3.63) is 29.3 Å². The lowest BCUT2D eigenvalue weighted by molar-refractivity contribution is -0.137. The molecular formula is C16H18N2O4S2. The predicted octanol–water partition coefficient (Wildman–Crippen LogP) is 1.77. The Bertz CT molecular complexity index is 840. The van der Waals surface area contributed by atoms with Crippen LogP contribution in [0.5, 0.6) is 0 Å². The number of fused-ring (bicyclic) bond motifs is 1. The van der Waals surface area contributed by atoms with Gasteiger partial charge in [-0.05, 0) is 25.0 Å². The van der Waals surface area contributed by atoms with E-state index in [9.17, 15) is 13.2 Å². The van der Waals surface area contributed by atoms with E-state index < -0.39 is 15.6 Å². The number of nitrogens with zero attached hydrogens (tertiary/aromatic N) is 2. The van der Waals surface area contributed by atoms with Crippen molar-refractivity contribution in [2.45, 2.75) is 24.1 Å². The Morgan fingerprint density at radius 3 is 2.88 bits per heavy atom. The molecule has 1 saturated carbocycles. The average Bonchev–Trinajstić information content (AvgIpc) is 3.34. The molecule has 1 atom stereocenters.